The predicted octanol–water partition coefficient (Wildman–Crippen LogP) is 2.39. The van der Waals surface area contributed by atoms with Gasteiger partial charge in [-0.05, 0) is 5.56 Å². The number of anilines is 1. The second kappa shape index (κ2) is 6.61. The zero-order valence-corrected chi connectivity index (χ0v) is 10.0. The smallest absolute Gasteiger partial charge is 0.168 e. The Bertz CT molecular complexity index is 394. The zero-order valence-electron chi connectivity index (χ0n) is 10.0. The van der Waals surface area contributed by atoms with E-state index in [1.807, 2.05) is 45.3 Å². The third-order valence-electron chi connectivity index (χ3n) is 1.98. The van der Waals surface area contributed by atoms with Crippen LogP contribution < -0.4 is 5.32 Å². The van der Waals surface area contributed by atoms with Gasteiger partial charge < -0.3 is 5.32 Å². The first-order valence-electron chi connectivity index (χ1n) is 5.50. The highest BCUT2D eigenvalue weighted by atomic mass is 15.4. The number of nitrogens with one attached hydrogen (secondary N) is 1. The van der Waals surface area contributed by atoms with E-state index in [0.717, 1.165) is 12.4 Å². The molecule has 0 aliphatic carbocycles. The Balaban J connectivity index is 0.000000606. The lowest BCUT2D eigenvalue weighted by molar-refractivity contribution is 0.650. The number of aromatic nitrogens is 3. The Labute approximate surface area is 96.3 Å². The summed E-state index contributed by atoms with van der Waals surface area (Å²) in [7, 11) is 1.83. The molecule has 0 fully saturated rings. The van der Waals surface area contributed by atoms with Gasteiger partial charge in [-0.15, -0.1) is 5.10 Å². The number of hydrogen-bond donors (Lipinski definition) is 1. The van der Waals surface area contributed by atoms with Gasteiger partial charge in [-0.1, -0.05) is 49.4 Å². The fourth-order valence-electron chi connectivity index (χ4n) is 1.26. The molecule has 0 bridgehead atoms. The maximum absolute atomic E-state index is 3.99. The van der Waals surface area contributed by atoms with Crippen LogP contribution in [0.1, 0.15) is 19.4 Å². The highest BCUT2D eigenvalue weighted by Gasteiger charge is 1.98. The minimum atomic E-state index is 0.759. The summed E-state index contributed by atoms with van der Waals surface area (Å²) < 4.78 is 1.81. The molecular formula is C12H18N4. The van der Waals surface area contributed by atoms with Crippen LogP contribution in [0.3, 0.4) is 0 Å². The van der Waals surface area contributed by atoms with E-state index in [1.165, 1.54) is 5.56 Å². The van der Waals surface area contributed by atoms with Crippen molar-refractivity contribution in [1.29, 1.82) is 0 Å². The first kappa shape index (κ1) is 12.2. The van der Waals surface area contributed by atoms with Crippen molar-refractivity contribution in [2.24, 2.45) is 0 Å². The lowest BCUT2D eigenvalue weighted by Gasteiger charge is -1.98. The van der Waals surface area contributed by atoms with Gasteiger partial charge in [0, 0.05) is 7.05 Å². The molecule has 1 heterocycles. The van der Waals surface area contributed by atoms with Gasteiger partial charge in [-0.25, -0.2) is 4.68 Å². The molecule has 0 saturated heterocycles. The van der Waals surface area contributed by atoms with Crippen molar-refractivity contribution in [3.8, 4) is 0 Å². The van der Waals surface area contributed by atoms with Gasteiger partial charge in [0.1, 0.15) is 0 Å². The predicted molar refractivity (Wildman–Crippen MR) is 66.5 cm³/mol. The molecule has 0 saturated carbocycles. The molecule has 2 aromatic rings. The number of benzene rings is 1. The summed E-state index contributed by atoms with van der Waals surface area (Å²) in [4.78, 5) is 0. The molecule has 86 valence electrons. The Morgan fingerprint density at radius 1 is 1.19 bits per heavy atom. The molecule has 1 aromatic carbocycles. The molecular weight excluding hydrogens is 200 g/mol. The topological polar surface area (TPSA) is 42.7 Å². The van der Waals surface area contributed by atoms with E-state index < -0.39 is 0 Å². The van der Waals surface area contributed by atoms with E-state index in [4.69, 9.17) is 0 Å². The third kappa shape index (κ3) is 3.38. The Morgan fingerprint density at radius 2 is 1.88 bits per heavy atom. The SMILES string of the molecule is CC.CNc1cn(Cc2ccccc2)nn1. The molecule has 1 aromatic heterocycles. The number of hydrogen-bond acceptors (Lipinski definition) is 3. The Hall–Kier alpha value is -1.84. The second-order valence-electron chi connectivity index (χ2n) is 3.04. The standard InChI is InChI=1S/C10H12N4.C2H6/c1-11-10-8-14(13-12-10)7-9-5-3-2-4-6-9;1-2/h2-6,8,11H,7H2,1H3;1-2H3. The Kier molecular flexibility index (Phi) is 5.05. The van der Waals surface area contributed by atoms with Crippen molar-refractivity contribution < 1.29 is 0 Å². The van der Waals surface area contributed by atoms with E-state index in [9.17, 15) is 0 Å². The van der Waals surface area contributed by atoms with Gasteiger partial charge in [-0.2, -0.15) is 0 Å². The first-order valence-corrected chi connectivity index (χ1v) is 5.50. The molecule has 16 heavy (non-hydrogen) atoms. The minimum absolute atomic E-state index is 0.759. The maximum Gasteiger partial charge on any atom is 0.168 e. The molecule has 0 amide bonds. The molecule has 4 nitrogen and oxygen atoms in total. The van der Waals surface area contributed by atoms with Gasteiger partial charge in [-0.3, -0.25) is 0 Å². The van der Waals surface area contributed by atoms with E-state index in [1.54, 1.807) is 4.68 Å². The second-order valence-corrected chi connectivity index (χ2v) is 3.04. The van der Waals surface area contributed by atoms with Gasteiger partial charge >= 0.3 is 0 Å². The van der Waals surface area contributed by atoms with Gasteiger partial charge in [0.25, 0.3) is 0 Å². The van der Waals surface area contributed by atoms with Crippen molar-refractivity contribution in [3.63, 3.8) is 0 Å². The van der Waals surface area contributed by atoms with Crippen LogP contribution in [0.15, 0.2) is 36.5 Å². The van der Waals surface area contributed by atoms with E-state index in [0.29, 0.717) is 0 Å². The van der Waals surface area contributed by atoms with Crippen LogP contribution in [0.4, 0.5) is 5.82 Å². The summed E-state index contributed by atoms with van der Waals surface area (Å²) in [5.74, 6) is 0.793. The number of rotatable bonds is 3. The Morgan fingerprint density at radius 3 is 2.44 bits per heavy atom. The summed E-state index contributed by atoms with van der Waals surface area (Å²) in [6.45, 7) is 4.76. The van der Waals surface area contributed by atoms with Crippen LogP contribution in [-0.2, 0) is 6.54 Å². The fourth-order valence-corrected chi connectivity index (χ4v) is 1.26. The van der Waals surface area contributed by atoms with Crippen molar-refractivity contribution in [1.82, 2.24) is 15.0 Å². The molecule has 0 atom stereocenters. The monoisotopic (exact) mass is 218 g/mol. The molecule has 0 radical (unpaired) electrons. The molecule has 2 rings (SSSR count). The normalized spacial score (nSPS) is 9.19. The molecule has 0 spiro atoms. The fraction of sp³-hybridized carbons (Fsp3) is 0.333. The van der Waals surface area contributed by atoms with Gasteiger partial charge in [0.05, 0.1) is 12.7 Å². The van der Waals surface area contributed by atoms with Crippen molar-refractivity contribution in [2.45, 2.75) is 20.4 Å². The van der Waals surface area contributed by atoms with Crippen LogP contribution in [-0.4, -0.2) is 22.0 Å². The third-order valence-corrected chi connectivity index (χ3v) is 1.98. The van der Waals surface area contributed by atoms with Crippen LogP contribution in [0, 0.1) is 0 Å². The lowest BCUT2D eigenvalue weighted by atomic mass is 10.2. The van der Waals surface area contributed by atoms with E-state index >= 15 is 0 Å². The van der Waals surface area contributed by atoms with Crippen molar-refractivity contribution in [2.75, 3.05) is 12.4 Å². The minimum Gasteiger partial charge on any atom is -0.370 e. The van der Waals surface area contributed by atoms with Gasteiger partial charge in [0.15, 0.2) is 5.82 Å². The summed E-state index contributed by atoms with van der Waals surface area (Å²) in [5, 5.41) is 10.9. The van der Waals surface area contributed by atoms with Gasteiger partial charge in [0.2, 0.25) is 0 Å². The molecule has 0 aliphatic rings. The summed E-state index contributed by atoms with van der Waals surface area (Å²) in [6, 6.07) is 10.2. The lowest BCUT2D eigenvalue weighted by Crippen LogP contribution is -1.99. The van der Waals surface area contributed by atoms with Crippen LogP contribution in [0.5, 0.6) is 0 Å². The van der Waals surface area contributed by atoms with E-state index in [-0.39, 0.29) is 0 Å². The molecule has 0 aliphatic heterocycles. The van der Waals surface area contributed by atoms with Crippen LogP contribution >= 0.6 is 0 Å². The highest BCUT2D eigenvalue weighted by molar-refractivity contribution is 5.28. The highest BCUT2D eigenvalue weighted by Crippen LogP contribution is 2.03. The summed E-state index contributed by atoms with van der Waals surface area (Å²) >= 11 is 0. The number of nitrogens with zero attached hydrogens (tertiary/aromatic N) is 3. The average molecular weight is 218 g/mol. The average Bonchev–Trinajstić information content (AvgIpc) is 2.81. The first-order chi connectivity index (χ1) is 7.88. The van der Waals surface area contributed by atoms with E-state index in [2.05, 4.69) is 27.8 Å². The quantitative estimate of drug-likeness (QED) is 0.860. The molecule has 0 unspecified atom stereocenters. The summed E-state index contributed by atoms with van der Waals surface area (Å²) in [6.07, 6.45) is 1.88. The molecule has 1 N–H and O–H groups in total. The largest absolute Gasteiger partial charge is 0.370 e. The van der Waals surface area contributed by atoms with Crippen molar-refractivity contribution >= 4 is 5.82 Å². The maximum atomic E-state index is 3.99. The molecule has 4 heteroatoms. The summed E-state index contributed by atoms with van der Waals surface area (Å²) in [5.41, 5.74) is 1.22. The zero-order chi connectivity index (χ0) is 11.8. The van der Waals surface area contributed by atoms with Crippen LogP contribution in [0.25, 0.3) is 0 Å². The van der Waals surface area contributed by atoms with Crippen molar-refractivity contribution in [3.05, 3.63) is 42.1 Å². The van der Waals surface area contributed by atoms with Crippen LogP contribution in [0.2, 0.25) is 0 Å².